The number of ether oxygens (including phenoxy) is 1. The van der Waals surface area contributed by atoms with Crippen LogP contribution in [0.15, 0.2) is 15.6 Å². The Kier molecular flexibility index (Phi) is 11.4. The van der Waals surface area contributed by atoms with E-state index in [-0.39, 0.29) is 36.4 Å². The second-order valence-corrected chi connectivity index (χ2v) is 5.60. The Hall–Kier alpha value is -1.36. The molecule has 0 aliphatic carbocycles. The largest absolute Gasteiger partial charge is 0.383 e. The first-order valence-corrected chi connectivity index (χ1v) is 7.60. The number of aliphatic imine (C=N–C) groups is 1. The summed E-state index contributed by atoms with van der Waals surface area (Å²) in [5.74, 6) is 1.49. The zero-order valence-corrected chi connectivity index (χ0v) is 17.3. The van der Waals surface area contributed by atoms with Gasteiger partial charge in [-0.05, 0) is 5.92 Å². The summed E-state index contributed by atoms with van der Waals surface area (Å²) in [6, 6.07) is 1.91. The van der Waals surface area contributed by atoms with Crippen molar-refractivity contribution < 1.29 is 14.1 Å². The van der Waals surface area contributed by atoms with E-state index in [0.717, 1.165) is 5.69 Å². The van der Waals surface area contributed by atoms with E-state index < -0.39 is 0 Å². The van der Waals surface area contributed by atoms with Gasteiger partial charge in [0.15, 0.2) is 11.7 Å². The van der Waals surface area contributed by atoms with Crippen molar-refractivity contribution in [2.45, 2.75) is 26.3 Å². The summed E-state index contributed by atoms with van der Waals surface area (Å²) >= 11 is 0. The lowest BCUT2D eigenvalue weighted by molar-refractivity contribution is -0.127. The second-order valence-electron chi connectivity index (χ2n) is 5.60. The first-order chi connectivity index (χ1) is 10.9. The van der Waals surface area contributed by atoms with E-state index in [0.29, 0.717) is 37.3 Å². The predicted octanol–water partition coefficient (Wildman–Crippen LogP) is 1.19. The molecule has 0 radical (unpaired) electrons. The van der Waals surface area contributed by atoms with Gasteiger partial charge in [0, 0.05) is 33.8 Å². The van der Waals surface area contributed by atoms with E-state index in [1.165, 1.54) is 4.90 Å². The lowest BCUT2D eigenvalue weighted by Gasteiger charge is -2.12. The summed E-state index contributed by atoms with van der Waals surface area (Å²) in [7, 11) is 5.03. The van der Waals surface area contributed by atoms with E-state index >= 15 is 0 Å². The molecular weight excluding hydrogens is 425 g/mol. The van der Waals surface area contributed by atoms with Crippen LogP contribution in [0.1, 0.15) is 31.2 Å². The molecule has 1 aromatic heterocycles. The van der Waals surface area contributed by atoms with Gasteiger partial charge in [0.2, 0.25) is 5.91 Å². The van der Waals surface area contributed by atoms with Gasteiger partial charge in [-0.2, -0.15) is 0 Å². The molecule has 0 bridgehead atoms. The van der Waals surface area contributed by atoms with Gasteiger partial charge in [-0.25, -0.2) is 4.99 Å². The lowest BCUT2D eigenvalue weighted by Crippen LogP contribution is -2.39. The van der Waals surface area contributed by atoms with Crippen molar-refractivity contribution in [2.75, 3.05) is 40.9 Å². The standard InChI is InChI=1S/C15H27N5O3.HI/c1-11(2)13-8-12(23-19-13)9-17-15(16-6-7-22-5)18-10-14(21)20(3)4;/h8,11H,6-7,9-10H2,1-5H3,(H2,16,17,18);1H. The molecule has 0 aliphatic heterocycles. The number of nitrogens with zero attached hydrogens (tertiary/aromatic N) is 3. The number of carbonyl (C=O) groups is 1. The second kappa shape index (κ2) is 12.1. The normalized spacial score (nSPS) is 11.2. The fourth-order valence-electron chi connectivity index (χ4n) is 1.59. The number of aromatic nitrogens is 1. The lowest BCUT2D eigenvalue weighted by atomic mass is 10.1. The number of nitrogens with one attached hydrogen (secondary N) is 2. The van der Waals surface area contributed by atoms with Crippen LogP contribution in [-0.2, 0) is 16.1 Å². The first kappa shape index (κ1) is 22.6. The summed E-state index contributed by atoms with van der Waals surface area (Å²) in [5.41, 5.74) is 0.912. The Morgan fingerprint density at radius 1 is 1.42 bits per heavy atom. The smallest absolute Gasteiger partial charge is 0.243 e. The van der Waals surface area contributed by atoms with E-state index in [1.807, 2.05) is 6.07 Å². The highest BCUT2D eigenvalue weighted by atomic mass is 127. The molecule has 0 saturated carbocycles. The average Bonchev–Trinajstić information content (AvgIpc) is 2.98. The van der Waals surface area contributed by atoms with Gasteiger partial charge < -0.3 is 24.8 Å². The zero-order chi connectivity index (χ0) is 17.2. The fourth-order valence-corrected chi connectivity index (χ4v) is 1.59. The third kappa shape index (κ3) is 8.48. The van der Waals surface area contributed by atoms with Crippen LogP contribution in [0.3, 0.4) is 0 Å². The summed E-state index contributed by atoms with van der Waals surface area (Å²) in [5, 5.41) is 10.2. The summed E-state index contributed by atoms with van der Waals surface area (Å²) in [6.45, 7) is 5.76. The minimum Gasteiger partial charge on any atom is -0.383 e. The minimum absolute atomic E-state index is 0. The summed E-state index contributed by atoms with van der Waals surface area (Å²) in [4.78, 5) is 17.4. The molecule has 0 aromatic carbocycles. The number of hydrogen-bond donors (Lipinski definition) is 2. The van der Waals surface area contributed by atoms with Crippen LogP contribution >= 0.6 is 24.0 Å². The van der Waals surface area contributed by atoms with E-state index in [4.69, 9.17) is 9.26 Å². The molecule has 0 aliphatic rings. The highest BCUT2D eigenvalue weighted by Crippen LogP contribution is 2.13. The van der Waals surface area contributed by atoms with Gasteiger partial charge >= 0.3 is 0 Å². The number of methoxy groups -OCH3 is 1. The van der Waals surface area contributed by atoms with Crippen LogP contribution in [0.25, 0.3) is 0 Å². The highest BCUT2D eigenvalue weighted by molar-refractivity contribution is 14.0. The molecule has 2 N–H and O–H groups in total. The molecular formula is C15H28IN5O3. The number of guanidine groups is 1. The van der Waals surface area contributed by atoms with Crippen molar-refractivity contribution >= 4 is 35.8 Å². The molecule has 0 unspecified atom stereocenters. The molecule has 24 heavy (non-hydrogen) atoms. The molecule has 1 amide bonds. The molecule has 0 saturated heterocycles. The number of carbonyl (C=O) groups excluding carboxylic acids is 1. The quantitative estimate of drug-likeness (QED) is 0.266. The molecule has 8 nitrogen and oxygen atoms in total. The van der Waals surface area contributed by atoms with Crippen LogP contribution in [0, 0.1) is 0 Å². The van der Waals surface area contributed by atoms with Gasteiger partial charge in [-0.3, -0.25) is 4.79 Å². The van der Waals surface area contributed by atoms with Gasteiger partial charge in [-0.1, -0.05) is 19.0 Å². The van der Waals surface area contributed by atoms with Crippen molar-refractivity contribution in [1.82, 2.24) is 20.7 Å². The van der Waals surface area contributed by atoms with Crippen molar-refractivity contribution in [3.8, 4) is 0 Å². The number of rotatable bonds is 8. The third-order valence-electron chi connectivity index (χ3n) is 3.07. The Morgan fingerprint density at radius 2 is 2.12 bits per heavy atom. The molecule has 1 rings (SSSR count). The van der Waals surface area contributed by atoms with E-state index in [9.17, 15) is 4.79 Å². The predicted molar refractivity (Wildman–Crippen MR) is 104 cm³/mol. The molecule has 138 valence electrons. The topological polar surface area (TPSA) is 92.0 Å². The van der Waals surface area contributed by atoms with Crippen LogP contribution in [0.4, 0.5) is 0 Å². The highest BCUT2D eigenvalue weighted by Gasteiger charge is 2.09. The van der Waals surface area contributed by atoms with E-state index in [2.05, 4.69) is 34.6 Å². The van der Waals surface area contributed by atoms with Crippen molar-refractivity contribution in [3.63, 3.8) is 0 Å². The van der Waals surface area contributed by atoms with Crippen LogP contribution in [0.5, 0.6) is 0 Å². The molecule has 1 heterocycles. The molecule has 9 heteroatoms. The Bertz CT molecular complexity index is 517. The zero-order valence-electron chi connectivity index (χ0n) is 15.0. The van der Waals surface area contributed by atoms with Gasteiger partial charge in [0.25, 0.3) is 0 Å². The number of amides is 1. The number of hydrogen-bond acceptors (Lipinski definition) is 5. The molecule has 0 fully saturated rings. The maximum Gasteiger partial charge on any atom is 0.243 e. The molecule has 0 atom stereocenters. The van der Waals surface area contributed by atoms with Gasteiger partial charge in [0.05, 0.1) is 18.8 Å². The van der Waals surface area contributed by atoms with Crippen LogP contribution in [-0.4, -0.2) is 62.8 Å². The number of halogens is 1. The maximum atomic E-state index is 11.6. The Labute approximate surface area is 160 Å². The molecule has 1 aromatic rings. The molecule has 0 spiro atoms. The Balaban J connectivity index is 0.00000529. The SMILES string of the molecule is COCCNC(=NCC(=O)N(C)C)NCc1cc(C(C)C)no1.I. The van der Waals surface area contributed by atoms with Crippen LogP contribution < -0.4 is 10.6 Å². The average molecular weight is 453 g/mol. The van der Waals surface area contributed by atoms with Crippen molar-refractivity contribution in [2.24, 2.45) is 4.99 Å². The van der Waals surface area contributed by atoms with Gasteiger partial charge in [-0.15, -0.1) is 24.0 Å². The summed E-state index contributed by atoms with van der Waals surface area (Å²) in [6.07, 6.45) is 0. The van der Waals surface area contributed by atoms with E-state index in [1.54, 1.807) is 21.2 Å². The maximum absolute atomic E-state index is 11.6. The van der Waals surface area contributed by atoms with Crippen molar-refractivity contribution in [3.05, 3.63) is 17.5 Å². The van der Waals surface area contributed by atoms with Crippen molar-refractivity contribution in [1.29, 1.82) is 0 Å². The Morgan fingerprint density at radius 3 is 2.67 bits per heavy atom. The van der Waals surface area contributed by atoms with Gasteiger partial charge in [0.1, 0.15) is 6.54 Å². The fraction of sp³-hybridized carbons (Fsp3) is 0.667. The first-order valence-electron chi connectivity index (χ1n) is 7.60. The summed E-state index contributed by atoms with van der Waals surface area (Å²) < 4.78 is 10.3. The monoisotopic (exact) mass is 453 g/mol. The van der Waals surface area contributed by atoms with Crippen LogP contribution in [0.2, 0.25) is 0 Å². The number of likely N-dealkylation sites (N-methyl/N-ethyl adjacent to an activating group) is 1. The minimum atomic E-state index is -0.0698. The third-order valence-corrected chi connectivity index (χ3v) is 3.07.